The van der Waals surface area contributed by atoms with E-state index < -0.39 is 27.0 Å². The highest BCUT2D eigenvalue weighted by molar-refractivity contribution is 7.87. The van der Waals surface area contributed by atoms with Gasteiger partial charge in [0.15, 0.2) is 11.6 Å². The van der Waals surface area contributed by atoms with Crippen LogP contribution in [0.4, 0.5) is 17.6 Å². The number of piperazine rings is 1. The first-order valence-electron chi connectivity index (χ1n) is 10.3. The number of aromatic nitrogens is 3. The summed E-state index contributed by atoms with van der Waals surface area (Å²) in [5.41, 5.74) is -5.48. The maximum atomic E-state index is 13.2. The minimum atomic E-state index is -5.73. The van der Waals surface area contributed by atoms with Gasteiger partial charge >= 0.3 is 15.6 Å². The predicted octanol–water partition coefficient (Wildman–Crippen LogP) is 2.57. The fourth-order valence-electron chi connectivity index (χ4n) is 4.09. The molecule has 184 valence electrons. The van der Waals surface area contributed by atoms with Gasteiger partial charge in [0.05, 0.1) is 24.5 Å². The van der Waals surface area contributed by atoms with Crippen molar-refractivity contribution in [1.29, 1.82) is 0 Å². The number of carbonyl (C=O) groups excluding carboxylic acids is 1. The number of hydrogen-bond donors (Lipinski definition) is 1. The summed E-state index contributed by atoms with van der Waals surface area (Å²) < 4.78 is 79.0. The number of hydrogen-bond acceptors (Lipinski definition) is 7. The lowest BCUT2D eigenvalue weighted by Crippen LogP contribution is -2.63. The van der Waals surface area contributed by atoms with Gasteiger partial charge in [0.2, 0.25) is 5.91 Å². The summed E-state index contributed by atoms with van der Waals surface area (Å²) in [5, 5.41) is 6.76. The largest absolute Gasteiger partial charge is 0.534 e. The van der Waals surface area contributed by atoms with Crippen LogP contribution in [0, 0.1) is 5.82 Å². The molecular weight excluding hydrogens is 482 g/mol. The summed E-state index contributed by atoms with van der Waals surface area (Å²) in [5.74, 6) is -0.617. The first-order chi connectivity index (χ1) is 15.9. The number of carbonyl (C=O) groups is 1. The zero-order valence-electron chi connectivity index (χ0n) is 17.9. The Balaban J connectivity index is 1.46. The van der Waals surface area contributed by atoms with Crippen LogP contribution < -0.4 is 5.32 Å². The minimum absolute atomic E-state index is 0.0749. The topological polar surface area (TPSA) is 106 Å². The molecule has 1 aliphatic carbocycles. The molecule has 2 aromatic heterocycles. The van der Waals surface area contributed by atoms with Gasteiger partial charge in [-0.15, -0.1) is 0 Å². The number of rotatable bonds is 5. The van der Waals surface area contributed by atoms with E-state index in [1.54, 1.807) is 18.3 Å². The van der Waals surface area contributed by atoms with Crippen LogP contribution >= 0.6 is 0 Å². The monoisotopic (exact) mass is 503 g/mol. The van der Waals surface area contributed by atoms with Gasteiger partial charge in [0, 0.05) is 25.2 Å². The third-order valence-electron chi connectivity index (χ3n) is 5.91. The second kappa shape index (κ2) is 8.65. The first-order valence-corrected chi connectivity index (χ1v) is 11.7. The van der Waals surface area contributed by atoms with E-state index in [-0.39, 0.29) is 43.5 Å². The lowest BCUT2D eigenvalue weighted by Gasteiger charge is -2.46. The first kappa shape index (κ1) is 24.1. The number of halogens is 4. The standard InChI is InChI=1S/C20H21F4N5O4S/c1-13(14-2-3-17(25-8-14)29-10-15(21)9-26-29)28-11-18(30)27-19(12-28)6-4-16(5-7-19)33-34(31,32)20(22,23)24/h2-4,8-10,13H,5-7,11-12H2,1H3,(H,27,30)/t13-,19?/m0/s1. The van der Waals surface area contributed by atoms with E-state index in [0.717, 1.165) is 11.8 Å². The van der Waals surface area contributed by atoms with Crippen molar-refractivity contribution in [2.75, 3.05) is 13.1 Å². The number of nitrogens with one attached hydrogen (secondary N) is 1. The Kier molecular flexibility index (Phi) is 6.14. The summed E-state index contributed by atoms with van der Waals surface area (Å²) in [6.07, 6.45) is 5.40. The van der Waals surface area contributed by atoms with Gasteiger partial charge in [-0.05, 0) is 37.5 Å². The summed E-state index contributed by atoms with van der Waals surface area (Å²) >= 11 is 0. The predicted molar refractivity (Wildman–Crippen MR) is 110 cm³/mol. The molecule has 34 heavy (non-hydrogen) atoms. The van der Waals surface area contributed by atoms with Crippen LogP contribution in [0.3, 0.4) is 0 Å². The van der Waals surface area contributed by atoms with Crippen molar-refractivity contribution in [3.8, 4) is 5.82 Å². The molecule has 1 unspecified atom stereocenters. The molecule has 1 N–H and O–H groups in total. The minimum Gasteiger partial charge on any atom is -0.381 e. The van der Waals surface area contributed by atoms with Crippen molar-refractivity contribution in [2.24, 2.45) is 0 Å². The summed E-state index contributed by atoms with van der Waals surface area (Å²) in [6, 6.07) is 3.23. The Labute approximate surface area is 192 Å². The van der Waals surface area contributed by atoms with E-state index in [1.165, 1.54) is 17.0 Å². The van der Waals surface area contributed by atoms with Gasteiger partial charge < -0.3 is 9.50 Å². The second-order valence-corrected chi connectivity index (χ2v) is 9.86. The van der Waals surface area contributed by atoms with Crippen molar-refractivity contribution >= 4 is 16.0 Å². The van der Waals surface area contributed by atoms with Crippen LogP contribution in [-0.2, 0) is 19.1 Å². The number of alkyl halides is 3. The highest BCUT2D eigenvalue weighted by Crippen LogP contribution is 2.36. The van der Waals surface area contributed by atoms with Crippen LogP contribution in [0.15, 0.2) is 42.6 Å². The van der Waals surface area contributed by atoms with E-state index in [0.29, 0.717) is 12.4 Å². The quantitative estimate of drug-likeness (QED) is 0.380. The molecule has 1 saturated heterocycles. The van der Waals surface area contributed by atoms with E-state index >= 15 is 0 Å². The van der Waals surface area contributed by atoms with Crippen molar-refractivity contribution in [3.05, 3.63) is 53.9 Å². The van der Waals surface area contributed by atoms with E-state index in [2.05, 4.69) is 19.6 Å². The van der Waals surface area contributed by atoms with Crippen LogP contribution in [0.5, 0.6) is 0 Å². The van der Waals surface area contributed by atoms with Gasteiger partial charge in [-0.2, -0.15) is 26.7 Å². The summed E-state index contributed by atoms with van der Waals surface area (Å²) in [7, 11) is -5.73. The Bertz CT molecular complexity index is 1210. The molecule has 1 spiro atoms. The van der Waals surface area contributed by atoms with E-state index in [1.807, 2.05) is 11.8 Å². The molecule has 2 aliphatic rings. The van der Waals surface area contributed by atoms with Crippen molar-refractivity contribution in [3.63, 3.8) is 0 Å². The average molecular weight is 503 g/mol. The zero-order valence-corrected chi connectivity index (χ0v) is 18.7. The molecule has 9 nitrogen and oxygen atoms in total. The fourth-order valence-corrected chi connectivity index (χ4v) is 4.62. The molecule has 1 fully saturated rings. The highest BCUT2D eigenvalue weighted by atomic mass is 32.2. The molecule has 0 radical (unpaired) electrons. The molecule has 1 aliphatic heterocycles. The van der Waals surface area contributed by atoms with Crippen molar-refractivity contribution in [1.82, 2.24) is 25.0 Å². The maximum absolute atomic E-state index is 13.2. The summed E-state index contributed by atoms with van der Waals surface area (Å²) in [6.45, 7) is 2.38. The molecule has 0 bridgehead atoms. The molecule has 2 atom stereocenters. The lowest BCUT2D eigenvalue weighted by atomic mass is 9.82. The molecule has 4 rings (SSSR count). The molecule has 0 saturated carbocycles. The fraction of sp³-hybridized carbons (Fsp3) is 0.450. The van der Waals surface area contributed by atoms with Crippen LogP contribution in [0.1, 0.15) is 37.8 Å². The Morgan fingerprint density at radius 1 is 1.26 bits per heavy atom. The molecule has 1 amide bonds. The molecule has 0 aromatic carbocycles. The molecule has 3 heterocycles. The molecular formula is C20H21F4N5O4S. The van der Waals surface area contributed by atoms with Crippen LogP contribution in [0.2, 0.25) is 0 Å². The maximum Gasteiger partial charge on any atom is 0.534 e. The van der Waals surface area contributed by atoms with Gasteiger partial charge in [0.25, 0.3) is 0 Å². The Morgan fingerprint density at radius 2 is 2.03 bits per heavy atom. The summed E-state index contributed by atoms with van der Waals surface area (Å²) in [4.78, 5) is 18.7. The molecule has 2 aromatic rings. The van der Waals surface area contributed by atoms with E-state index in [9.17, 15) is 30.8 Å². The number of allylic oxidation sites excluding steroid dienone is 1. The third kappa shape index (κ3) is 4.92. The molecule has 14 heteroatoms. The number of pyridine rings is 1. The Hall–Kier alpha value is -3.00. The lowest BCUT2D eigenvalue weighted by molar-refractivity contribution is -0.129. The smallest absolute Gasteiger partial charge is 0.381 e. The number of nitrogens with zero attached hydrogens (tertiary/aromatic N) is 4. The van der Waals surface area contributed by atoms with Gasteiger partial charge in [-0.25, -0.2) is 14.1 Å². The normalized spacial score (nSPS) is 22.9. The Morgan fingerprint density at radius 3 is 2.59 bits per heavy atom. The SMILES string of the molecule is C[C@@H](c1ccc(-n2cc(F)cn2)nc1)N1CC(=O)NC2(CC=C(OS(=O)(=O)C(F)(F)F)CC2)C1. The second-order valence-electron chi connectivity index (χ2n) is 8.32. The van der Waals surface area contributed by atoms with Gasteiger partial charge in [0.1, 0.15) is 5.76 Å². The van der Waals surface area contributed by atoms with E-state index in [4.69, 9.17) is 0 Å². The van der Waals surface area contributed by atoms with Crippen LogP contribution in [-0.4, -0.2) is 58.1 Å². The van der Waals surface area contributed by atoms with Gasteiger partial charge in [-0.3, -0.25) is 9.69 Å². The van der Waals surface area contributed by atoms with Gasteiger partial charge in [-0.1, -0.05) is 6.07 Å². The van der Waals surface area contributed by atoms with Crippen molar-refractivity contribution < 1.29 is 35.0 Å². The number of amides is 1. The van der Waals surface area contributed by atoms with Crippen LogP contribution in [0.25, 0.3) is 5.82 Å². The highest BCUT2D eigenvalue weighted by Gasteiger charge is 2.49. The average Bonchev–Trinajstić information content (AvgIpc) is 3.20. The van der Waals surface area contributed by atoms with Crippen molar-refractivity contribution in [2.45, 2.75) is 43.3 Å². The third-order valence-corrected chi connectivity index (χ3v) is 6.91. The zero-order chi connectivity index (χ0) is 24.7.